The first-order chi connectivity index (χ1) is 5.49. The van der Waals surface area contributed by atoms with Gasteiger partial charge < -0.3 is 4.98 Å². The van der Waals surface area contributed by atoms with Crippen LogP contribution in [0.25, 0.3) is 0 Å². The van der Waals surface area contributed by atoms with Crippen LogP contribution >= 0.6 is 0 Å². The molecule has 0 aromatic carbocycles. The Bertz CT molecular complexity index is 163. The minimum Gasteiger partial charge on any atom is -0.414 e. The Balaban J connectivity index is 2.37. The van der Waals surface area contributed by atoms with Gasteiger partial charge in [0.15, 0.2) is 0 Å². The second kappa shape index (κ2) is 3.65. The fourth-order valence-electron chi connectivity index (χ4n) is 1.86. The summed E-state index contributed by atoms with van der Waals surface area (Å²) in [6, 6.07) is 0. The highest BCUT2D eigenvalue weighted by Crippen LogP contribution is 2.29. The van der Waals surface area contributed by atoms with Gasteiger partial charge in [0.1, 0.15) is 8.24 Å². The molecule has 0 aliphatic heterocycles. The summed E-state index contributed by atoms with van der Waals surface area (Å²) in [5.41, 5.74) is 1.31. The molecular weight excluding hydrogens is 162 g/mol. The molecule has 0 bridgehead atoms. The zero-order valence-electron chi connectivity index (χ0n) is 8.61. The summed E-state index contributed by atoms with van der Waals surface area (Å²) < 4.78 is 0. The number of hydrogen-bond donors (Lipinski definition) is 1. The summed E-state index contributed by atoms with van der Waals surface area (Å²) >= 11 is 0. The Kier molecular flexibility index (Phi) is 2.99. The van der Waals surface area contributed by atoms with E-state index in [1.54, 1.807) is 0 Å². The highest BCUT2D eigenvalue weighted by molar-refractivity contribution is 6.74. The van der Waals surface area contributed by atoms with Gasteiger partial charge in [-0.2, -0.15) is 0 Å². The maximum Gasteiger partial charge on any atom is 0.143 e. The predicted octanol–water partition coefficient (Wildman–Crippen LogP) is 3.11. The summed E-state index contributed by atoms with van der Waals surface area (Å²) in [5, 5.41) is 0. The summed E-state index contributed by atoms with van der Waals surface area (Å²) in [7, 11) is -1.14. The molecule has 0 radical (unpaired) electrons. The lowest BCUT2D eigenvalue weighted by atomic mass is 10.1. The molecule has 0 aromatic heterocycles. The van der Waals surface area contributed by atoms with Crippen molar-refractivity contribution in [2.24, 2.45) is 5.92 Å². The molecule has 12 heavy (non-hydrogen) atoms. The minimum absolute atomic E-state index is 0.775. The van der Waals surface area contributed by atoms with Crippen molar-refractivity contribution in [1.29, 1.82) is 0 Å². The second-order valence-corrected chi connectivity index (χ2v) is 9.63. The van der Waals surface area contributed by atoms with Crippen LogP contribution in [0.3, 0.4) is 0 Å². The molecule has 1 aliphatic carbocycles. The van der Waals surface area contributed by atoms with Crippen LogP contribution in [0.2, 0.25) is 19.6 Å². The van der Waals surface area contributed by atoms with Crippen LogP contribution in [-0.4, -0.2) is 8.24 Å². The first kappa shape index (κ1) is 9.84. The van der Waals surface area contributed by atoms with E-state index in [4.69, 9.17) is 0 Å². The van der Waals surface area contributed by atoms with Crippen molar-refractivity contribution in [3.63, 3.8) is 0 Å². The van der Waals surface area contributed by atoms with Crippen molar-refractivity contribution in [3.05, 3.63) is 12.3 Å². The molecule has 1 nitrogen and oxygen atoms in total. The van der Waals surface area contributed by atoms with Gasteiger partial charge in [-0.25, -0.2) is 0 Å². The normalized spacial score (nSPS) is 19.6. The maximum atomic E-state index is 4.15. The molecule has 0 heterocycles. The molecule has 0 amide bonds. The van der Waals surface area contributed by atoms with Gasteiger partial charge >= 0.3 is 0 Å². The fourth-order valence-corrected chi connectivity index (χ4v) is 3.03. The molecule has 1 N–H and O–H groups in total. The average Bonchev–Trinajstić information content (AvgIpc) is 2.32. The highest BCUT2D eigenvalue weighted by atomic mass is 28.3. The lowest BCUT2D eigenvalue weighted by Crippen LogP contribution is -2.41. The van der Waals surface area contributed by atoms with Gasteiger partial charge in [0.25, 0.3) is 0 Å². The standard InChI is InChI=1S/C10H21NSi/c1-9(11-12(2,3)4)10-7-5-6-8-10/h10-11H,1,5-8H2,2-4H3. The first-order valence-corrected chi connectivity index (χ1v) is 8.46. The molecule has 70 valence electrons. The number of allylic oxidation sites excluding steroid dienone is 1. The molecule has 0 saturated heterocycles. The Labute approximate surface area is 77.3 Å². The Hall–Kier alpha value is -0.243. The van der Waals surface area contributed by atoms with Crippen molar-refractivity contribution >= 4 is 8.24 Å². The second-order valence-electron chi connectivity index (χ2n) is 4.88. The van der Waals surface area contributed by atoms with Crippen LogP contribution in [0.15, 0.2) is 12.3 Å². The molecule has 1 saturated carbocycles. The Morgan fingerprint density at radius 1 is 1.25 bits per heavy atom. The van der Waals surface area contributed by atoms with Crippen LogP contribution in [0.1, 0.15) is 25.7 Å². The van der Waals surface area contributed by atoms with E-state index < -0.39 is 8.24 Å². The summed E-state index contributed by atoms with van der Waals surface area (Å²) in [6.07, 6.45) is 5.51. The topological polar surface area (TPSA) is 12.0 Å². The van der Waals surface area contributed by atoms with Crippen molar-refractivity contribution in [2.45, 2.75) is 45.3 Å². The van der Waals surface area contributed by atoms with E-state index in [0.717, 1.165) is 5.92 Å². The van der Waals surface area contributed by atoms with E-state index in [1.807, 2.05) is 0 Å². The lowest BCUT2D eigenvalue weighted by Gasteiger charge is -2.25. The van der Waals surface area contributed by atoms with Gasteiger partial charge in [0.2, 0.25) is 0 Å². The van der Waals surface area contributed by atoms with Crippen molar-refractivity contribution < 1.29 is 0 Å². The van der Waals surface area contributed by atoms with E-state index in [9.17, 15) is 0 Å². The predicted molar refractivity (Wildman–Crippen MR) is 57.6 cm³/mol. The van der Waals surface area contributed by atoms with Crippen molar-refractivity contribution in [2.75, 3.05) is 0 Å². The molecule has 0 unspecified atom stereocenters. The minimum atomic E-state index is -1.14. The van der Waals surface area contributed by atoms with E-state index in [0.29, 0.717) is 0 Å². The summed E-state index contributed by atoms with van der Waals surface area (Å²) in [4.78, 5) is 3.61. The number of rotatable bonds is 3. The molecule has 0 aromatic rings. The molecular formula is C10H21NSi. The van der Waals surface area contributed by atoms with E-state index in [1.165, 1.54) is 31.4 Å². The largest absolute Gasteiger partial charge is 0.414 e. The molecule has 1 rings (SSSR count). The zero-order valence-corrected chi connectivity index (χ0v) is 9.61. The monoisotopic (exact) mass is 183 g/mol. The van der Waals surface area contributed by atoms with Gasteiger partial charge in [0, 0.05) is 0 Å². The average molecular weight is 183 g/mol. The lowest BCUT2D eigenvalue weighted by molar-refractivity contribution is 0.619. The van der Waals surface area contributed by atoms with Crippen LogP contribution in [0.4, 0.5) is 0 Å². The van der Waals surface area contributed by atoms with Gasteiger partial charge in [-0.15, -0.1) is 0 Å². The number of nitrogens with one attached hydrogen (secondary N) is 1. The third-order valence-electron chi connectivity index (χ3n) is 2.38. The SMILES string of the molecule is C=C(N[Si](C)(C)C)C1CCCC1. The van der Waals surface area contributed by atoms with Gasteiger partial charge in [0.05, 0.1) is 0 Å². The Morgan fingerprint density at radius 2 is 1.75 bits per heavy atom. The van der Waals surface area contributed by atoms with Gasteiger partial charge in [-0.3, -0.25) is 0 Å². The third-order valence-corrected chi connectivity index (χ3v) is 3.45. The molecule has 0 atom stereocenters. The number of hydrogen-bond acceptors (Lipinski definition) is 1. The zero-order chi connectivity index (χ0) is 9.19. The third kappa shape index (κ3) is 3.01. The van der Waals surface area contributed by atoms with Crippen molar-refractivity contribution in [1.82, 2.24) is 4.98 Å². The fraction of sp³-hybridized carbons (Fsp3) is 0.800. The van der Waals surface area contributed by atoms with Crippen LogP contribution in [0.5, 0.6) is 0 Å². The molecule has 2 heteroatoms. The summed E-state index contributed by atoms with van der Waals surface area (Å²) in [6.45, 7) is 11.1. The smallest absolute Gasteiger partial charge is 0.143 e. The first-order valence-electron chi connectivity index (χ1n) is 4.96. The van der Waals surface area contributed by atoms with Crippen molar-refractivity contribution in [3.8, 4) is 0 Å². The van der Waals surface area contributed by atoms with Crippen LogP contribution < -0.4 is 4.98 Å². The molecule has 0 spiro atoms. The quantitative estimate of drug-likeness (QED) is 0.663. The molecule has 1 fully saturated rings. The van der Waals surface area contributed by atoms with Gasteiger partial charge in [-0.05, 0) is 24.5 Å². The summed E-state index contributed by atoms with van der Waals surface area (Å²) in [5.74, 6) is 0.775. The van der Waals surface area contributed by atoms with E-state index in [-0.39, 0.29) is 0 Å². The Morgan fingerprint density at radius 3 is 2.17 bits per heavy atom. The van der Waals surface area contributed by atoms with Crippen LogP contribution in [0, 0.1) is 5.92 Å². The van der Waals surface area contributed by atoms with Crippen LogP contribution in [-0.2, 0) is 0 Å². The van der Waals surface area contributed by atoms with Gasteiger partial charge in [-0.1, -0.05) is 39.1 Å². The maximum absolute atomic E-state index is 4.15. The van der Waals surface area contributed by atoms with E-state index in [2.05, 4.69) is 31.2 Å². The highest BCUT2D eigenvalue weighted by Gasteiger charge is 2.21. The van der Waals surface area contributed by atoms with E-state index >= 15 is 0 Å². The molecule has 1 aliphatic rings.